The molecule has 0 spiro atoms. The van der Waals surface area contributed by atoms with Gasteiger partial charge in [-0.1, -0.05) is 58.0 Å². The van der Waals surface area contributed by atoms with Crippen LogP contribution in [0.4, 0.5) is 0 Å². The molecule has 2 nitrogen and oxygen atoms in total. The monoisotopic (exact) mass is 260 g/mol. The molecular formula is C17H24O2. The van der Waals surface area contributed by atoms with E-state index in [4.69, 9.17) is 4.74 Å². The van der Waals surface area contributed by atoms with Crippen LogP contribution in [0, 0.1) is 11.8 Å². The summed E-state index contributed by atoms with van der Waals surface area (Å²) < 4.78 is 5.66. The molecular weight excluding hydrogens is 236 g/mol. The third-order valence-electron chi connectivity index (χ3n) is 3.82. The van der Waals surface area contributed by atoms with Gasteiger partial charge >= 0.3 is 5.97 Å². The van der Waals surface area contributed by atoms with Crippen molar-refractivity contribution in [1.82, 2.24) is 0 Å². The Bertz CT molecular complexity index is 422. The first-order chi connectivity index (χ1) is 8.86. The second kappa shape index (κ2) is 6.55. The number of rotatable bonds is 5. The number of hydrogen-bond donors (Lipinski definition) is 0. The van der Waals surface area contributed by atoms with Crippen molar-refractivity contribution in [2.75, 3.05) is 0 Å². The maximum Gasteiger partial charge on any atom is 0.331 e. The lowest BCUT2D eigenvalue weighted by Crippen LogP contribution is -2.41. The Morgan fingerprint density at radius 3 is 2.11 bits per heavy atom. The summed E-state index contributed by atoms with van der Waals surface area (Å²) in [5.74, 6) is 0.275. The van der Waals surface area contributed by atoms with Crippen LogP contribution in [0.3, 0.4) is 0 Å². The first-order valence-corrected chi connectivity index (χ1v) is 6.82. The minimum atomic E-state index is -0.432. The Kier molecular flexibility index (Phi) is 5.34. The van der Waals surface area contributed by atoms with Crippen molar-refractivity contribution in [2.45, 2.75) is 40.2 Å². The highest BCUT2D eigenvalue weighted by Gasteiger charge is 2.35. The molecule has 0 saturated carbocycles. The Balaban J connectivity index is 2.72. The molecule has 0 unspecified atom stereocenters. The molecule has 104 valence electrons. The van der Waals surface area contributed by atoms with Gasteiger partial charge in [0.05, 0.1) is 0 Å². The lowest BCUT2D eigenvalue weighted by atomic mass is 9.82. The van der Waals surface area contributed by atoms with Crippen molar-refractivity contribution < 1.29 is 9.53 Å². The fourth-order valence-electron chi connectivity index (χ4n) is 1.88. The molecule has 1 aromatic carbocycles. The maximum absolute atomic E-state index is 11.9. The lowest BCUT2D eigenvalue weighted by Gasteiger charge is -2.36. The Morgan fingerprint density at radius 2 is 1.63 bits per heavy atom. The smallest absolute Gasteiger partial charge is 0.331 e. The minimum Gasteiger partial charge on any atom is -0.456 e. The number of carbonyl (C=O) groups excluding carboxylic acids is 1. The summed E-state index contributed by atoms with van der Waals surface area (Å²) >= 11 is 0. The van der Waals surface area contributed by atoms with E-state index in [1.165, 1.54) is 6.08 Å². The third kappa shape index (κ3) is 4.23. The molecule has 0 N–H and O–H groups in total. The van der Waals surface area contributed by atoms with Crippen LogP contribution in [0.15, 0.2) is 36.4 Å². The largest absolute Gasteiger partial charge is 0.456 e. The SMILES string of the molecule is CC(C)C(C)(OC(=O)/C=C/c1ccccc1)C(C)C. The zero-order chi connectivity index (χ0) is 14.5. The number of hydrogen-bond acceptors (Lipinski definition) is 2. The fourth-order valence-corrected chi connectivity index (χ4v) is 1.88. The highest BCUT2D eigenvalue weighted by molar-refractivity contribution is 5.87. The molecule has 0 amide bonds. The third-order valence-corrected chi connectivity index (χ3v) is 3.82. The van der Waals surface area contributed by atoms with Gasteiger partial charge in [-0.3, -0.25) is 0 Å². The molecule has 1 aromatic rings. The average Bonchev–Trinajstić information content (AvgIpc) is 2.37. The van der Waals surface area contributed by atoms with Crippen LogP contribution < -0.4 is 0 Å². The molecule has 0 saturated heterocycles. The van der Waals surface area contributed by atoms with Crippen LogP contribution in [0.1, 0.15) is 40.2 Å². The summed E-state index contributed by atoms with van der Waals surface area (Å²) in [4.78, 5) is 11.9. The number of esters is 1. The van der Waals surface area contributed by atoms with E-state index in [0.29, 0.717) is 0 Å². The Hall–Kier alpha value is -1.57. The predicted octanol–water partition coefficient (Wildman–Crippen LogP) is 4.31. The van der Waals surface area contributed by atoms with E-state index in [2.05, 4.69) is 27.7 Å². The van der Waals surface area contributed by atoms with Gasteiger partial charge in [0, 0.05) is 6.08 Å². The van der Waals surface area contributed by atoms with Crippen LogP contribution >= 0.6 is 0 Å². The molecule has 0 aliphatic rings. The number of carbonyl (C=O) groups is 1. The predicted molar refractivity (Wildman–Crippen MR) is 79.6 cm³/mol. The minimum absolute atomic E-state index is 0.279. The van der Waals surface area contributed by atoms with Gasteiger partial charge in [-0.05, 0) is 30.4 Å². The molecule has 0 atom stereocenters. The van der Waals surface area contributed by atoms with Gasteiger partial charge in [0.15, 0.2) is 0 Å². The molecule has 0 radical (unpaired) electrons. The van der Waals surface area contributed by atoms with Crippen molar-refractivity contribution in [3.8, 4) is 0 Å². The van der Waals surface area contributed by atoms with Gasteiger partial charge < -0.3 is 4.74 Å². The van der Waals surface area contributed by atoms with E-state index < -0.39 is 5.60 Å². The number of benzene rings is 1. The van der Waals surface area contributed by atoms with Crippen LogP contribution in [-0.4, -0.2) is 11.6 Å². The second-order valence-electron chi connectivity index (χ2n) is 5.66. The second-order valence-corrected chi connectivity index (χ2v) is 5.66. The highest BCUT2D eigenvalue weighted by atomic mass is 16.6. The zero-order valence-corrected chi connectivity index (χ0v) is 12.5. The van der Waals surface area contributed by atoms with Crippen molar-refractivity contribution >= 4 is 12.0 Å². The molecule has 2 heteroatoms. The van der Waals surface area contributed by atoms with Crippen molar-refractivity contribution in [2.24, 2.45) is 11.8 Å². The summed E-state index contributed by atoms with van der Waals surface area (Å²) in [6.45, 7) is 10.3. The van der Waals surface area contributed by atoms with E-state index in [1.807, 2.05) is 37.3 Å². The van der Waals surface area contributed by atoms with Crippen molar-refractivity contribution in [3.05, 3.63) is 42.0 Å². The van der Waals surface area contributed by atoms with E-state index in [-0.39, 0.29) is 17.8 Å². The first kappa shape index (κ1) is 15.5. The Morgan fingerprint density at radius 1 is 1.11 bits per heavy atom. The van der Waals surface area contributed by atoms with Gasteiger partial charge in [0.25, 0.3) is 0 Å². The summed E-state index contributed by atoms with van der Waals surface area (Å²) in [7, 11) is 0. The van der Waals surface area contributed by atoms with Gasteiger partial charge in [-0.25, -0.2) is 4.79 Å². The van der Waals surface area contributed by atoms with E-state index >= 15 is 0 Å². The van der Waals surface area contributed by atoms with Crippen LogP contribution in [0.25, 0.3) is 6.08 Å². The zero-order valence-electron chi connectivity index (χ0n) is 12.5. The maximum atomic E-state index is 11.9. The molecule has 0 aromatic heterocycles. The lowest BCUT2D eigenvalue weighted by molar-refractivity contribution is -0.162. The first-order valence-electron chi connectivity index (χ1n) is 6.82. The van der Waals surface area contributed by atoms with Crippen molar-refractivity contribution in [1.29, 1.82) is 0 Å². The Labute approximate surface area is 116 Å². The van der Waals surface area contributed by atoms with Gasteiger partial charge in [0.2, 0.25) is 0 Å². The molecule has 19 heavy (non-hydrogen) atoms. The normalized spacial score (nSPS) is 12.4. The van der Waals surface area contributed by atoms with Crippen molar-refractivity contribution in [3.63, 3.8) is 0 Å². The highest BCUT2D eigenvalue weighted by Crippen LogP contribution is 2.30. The standard InChI is InChI=1S/C17H24O2/c1-13(2)17(5,14(3)4)19-16(18)12-11-15-9-7-6-8-10-15/h6-14H,1-5H3/b12-11+. The molecule has 0 aliphatic heterocycles. The molecule has 0 heterocycles. The molecule has 0 bridgehead atoms. The van der Waals surface area contributed by atoms with Gasteiger partial charge in [-0.2, -0.15) is 0 Å². The van der Waals surface area contributed by atoms with Crippen LogP contribution in [-0.2, 0) is 9.53 Å². The molecule has 0 fully saturated rings. The van der Waals surface area contributed by atoms with Gasteiger partial charge in [0.1, 0.15) is 5.60 Å². The van der Waals surface area contributed by atoms with E-state index in [0.717, 1.165) is 5.56 Å². The van der Waals surface area contributed by atoms with Gasteiger partial charge in [-0.15, -0.1) is 0 Å². The van der Waals surface area contributed by atoms with Crippen LogP contribution in [0.2, 0.25) is 0 Å². The summed E-state index contributed by atoms with van der Waals surface area (Å²) in [5.41, 5.74) is 0.563. The van der Waals surface area contributed by atoms with E-state index in [1.54, 1.807) is 6.08 Å². The van der Waals surface area contributed by atoms with Crippen LogP contribution in [0.5, 0.6) is 0 Å². The average molecular weight is 260 g/mol. The summed E-state index contributed by atoms with van der Waals surface area (Å²) in [5, 5.41) is 0. The number of ether oxygens (including phenoxy) is 1. The quantitative estimate of drug-likeness (QED) is 0.582. The fraction of sp³-hybridized carbons (Fsp3) is 0.471. The summed E-state index contributed by atoms with van der Waals surface area (Å²) in [6.07, 6.45) is 3.28. The molecule has 0 aliphatic carbocycles. The van der Waals surface area contributed by atoms with E-state index in [9.17, 15) is 4.79 Å². The summed E-state index contributed by atoms with van der Waals surface area (Å²) in [6, 6.07) is 9.74. The molecule has 1 rings (SSSR count). The topological polar surface area (TPSA) is 26.3 Å².